The Morgan fingerprint density at radius 1 is 1.25 bits per heavy atom. The van der Waals surface area contributed by atoms with Crippen LogP contribution in [0.25, 0.3) is 0 Å². The monoisotopic (exact) mass is 281 g/mol. The van der Waals surface area contributed by atoms with E-state index in [0.29, 0.717) is 12.2 Å². The highest BCUT2D eigenvalue weighted by atomic mass is 16.5. The number of aliphatic hydroxyl groups excluding tert-OH is 1. The number of hydrogen-bond acceptors (Lipinski definition) is 4. The van der Waals surface area contributed by atoms with Crippen LogP contribution in [0, 0.1) is 0 Å². The first-order valence-electron chi connectivity index (χ1n) is 6.29. The number of aliphatic carboxylic acids is 1. The molecular weight excluding hydrogens is 262 g/mol. The molecule has 3 N–H and O–H groups in total. The van der Waals surface area contributed by atoms with Crippen LogP contribution in [0.5, 0.6) is 0 Å². The van der Waals surface area contributed by atoms with Gasteiger partial charge in [0.1, 0.15) is 0 Å². The summed E-state index contributed by atoms with van der Waals surface area (Å²) in [6.07, 6.45) is 0.124. The third kappa shape index (κ3) is 4.99. The van der Waals surface area contributed by atoms with Crippen LogP contribution in [-0.2, 0) is 16.1 Å². The molecule has 20 heavy (non-hydrogen) atoms. The van der Waals surface area contributed by atoms with Gasteiger partial charge in [0, 0.05) is 5.56 Å². The maximum Gasteiger partial charge on any atom is 0.328 e. The van der Waals surface area contributed by atoms with Crippen molar-refractivity contribution < 1.29 is 24.5 Å². The molecule has 1 rings (SSSR count). The van der Waals surface area contributed by atoms with Crippen LogP contribution in [0.15, 0.2) is 24.3 Å². The lowest BCUT2D eigenvalue weighted by Crippen LogP contribution is -2.43. The van der Waals surface area contributed by atoms with E-state index in [1.807, 2.05) is 13.8 Å². The van der Waals surface area contributed by atoms with E-state index in [1.165, 1.54) is 0 Å². The van der Waals surface area contributed by atoms with Gasteiger partial charge in [-0.2, -0.15) is 0 Å². The summed E-state index contributed by atoms with van der Waals surface area (Å²) < 4.78 is 5.43. The first kappa shape index (κ1) is 16.1. The van der Waals surface area contributed by atoms with Gasteiger partial charge in [0.25, 0.3) is 5.91 Å². The zero-order valence-electron chi connectivity index (χ0n) is 11.5. The molecule has 0 spiro atoms. The smallest absolute Gasteiger partial charge is 0.328 e. The highest BCUT2D eigenvalue weighted by Crippen LogP contribution is 2.07. The van der Waals surface area contributed by atoms with Crippen LogP contribution in [0.4, 0.5) is 0 Å². The Kier molecular flexibility index (Phi) is 6.14. The second-order valence-electron chi connectivity index (χ2n) is 4.60. The van der Waals surface area contributed by atoms with Crippen LogP contribution in [-0.4, -0.2) is 40.8 Å². The van der Waals surface area contributed by atoms with Gasteiger partial charge in [-0.3, -0.25) is 4.79 Å². The second kappa shape index (κ2) is 7.62. The molecule has 0 heterocycles. The van der Waals surface area contributed by atoms with Crippen molar-refractivity contribution in [3.63, 3.8) is 0 Å². The Morgan fingerprint density at radius 2 is 1.85 bits per heavy atom. The summed E-state index contributed by atoms with van der Waals surface area (Å²) in [4.78, 5) is 22.5. The van der Waals surface area contributed by atoms with Gasteiger partial charge in [-0.1, -0.05) is 12.1 Å². The zero-order valence-corrected chi connectivity index (χ0v) is 11.5. The Labute approximate surface area is 117 Å². The summed E-state index contributed by atoms with van der Waals surface area (Å²) in [6.45, 7) is 3.67. The number of carbonyl (C=O) groups excluding carboxylic acids is 1. The van der Waals surface area contributed by atoms with Gasteiger partial charge < -0.3 is 20.3 Å². The van der Waals surface area contributed by atoms with Crippen molar-refractivity contribution in [2.75, 3.05) is 6.61 Å². The number of hydrogen-bond donors (Lipinski definition) is 3. The van der Waals surface area contributed by atoms with E-state index in [9.17, 15) is 9.59 Å². The van der Waals surface area contributed by atoms with E-state index < -0.39 is 24.5 Å². The standard InChI is InChI=1S/C14H19NO5/c1-9(2)20-8-10-3-5-11(6-4-10)13(17)15-12(7-16)14(18)19/h3-6,9,12,16H,7-8H2,1-2H3,(H,15,17)(H,18,19)/t12-/m0/s1. The molecule has 0 aliphatic heterocycles. The summed E-state index contributed by atoms with van der Waals surface area (Å²) in [7, 11) is 0. The van der Waals surface area contributed by atoms with E-state index in [1.54, 1.807) is 24.3 Å². The minimum absolute atomic E-state index is 0.124. The Bertz CT molecular complexity index is 455. The minimum atomic E-state index is -1.30. The first-order valence-corrected chi connectivity index (χ1v) is 6.29. The van der Waals surface area contributed by atoms with Crippen molar-refractivity contribution in [1.82, 2.24) is 5.32 Å². The SMILES string of the molecule is CC(C)OCc1ccc(C(=O)N[C@@H](CO)C(=O)O)cc1. The van der Waals surface area contributed by atoms with Crippen molar-refractivity contribution in [3.05, 3.63) is 35.4 Å². The number of ether oxygens (including phenoxy) is 1. The second-order valence-corrected chi connectivity index (χ2v) is 4.60. The van der Waals surface area contributed by atoms with E-state index in [0.717, 1.165) is 5.56 Å². The molecule has 1 aromatic carbocycles. The molecule has 0 saturated heterocycles. The van der Waals surface area contributed by atoms with Gasteiger partial charge in [0.15, 0.2) is 6.04 Å². The van der Waals surface area contributed by atoms with Crippen molar-refractivity contribution in [2.45, 2.75) is 32.6 Å². The fourth-order valence-corrected chi connectivity index (χ4v) is 1.44. The number of nitrogens with one attached hydrogen (secondary N) is 1. The number of rotatable bonds is 7. The average Bonchev–Trinajstić information content (AvgIpc) is 2.42. The van der Waals surface area contributed by atoms with Crippen LogP contribution in [0.1, 0.15) is 29.8 Å². The Hall–Kier alpha value is -1.92. The summed E-state index contributed by atoms with van der Waals surface area (Å²) in [6, 6.07) is 5.36. The third-order valence-electron chi connectivity index (χ3n) is 2.59. The van der Waals surface area contributed by atoms with Gasteiger partial charge in [0.05, 0.1) is 19.3 Å². The molecule has 0 fully saturated rings. The van der Waals surface area contributed by atoms with Gasteiger partial charge in [0.2, 0.25) is 0 Å². The lowest BCUT2D eigenvalue weighted by molar-refractivity contribution is -0.140. The van der Waals surface area contributed by atoms with E-state index in [4.69, 9.17) is 14.9 Å². The number of amides is 1. The van der Waals surface area contributed by atoms with Crippen LogP contribution < -0.4 is 5.32 Å². The maximum absolute atomic E-state index is 11.8. The Morgan fingerprint density at radius 3 is 2.30 bits per heavy atom. The first-order chi connectivity index (χ1) is 9.43. The Balaban J connectivity index is 2.63. The molecule has 1 amide bonds. The van der Waals surface area contributed by atoms with E-state index >= 15 is 0 Å². The number of carbonyl (C=O) groups is 2. The zero-order chi connectivity index (χ0) is 15.1. The normalized spacial score (nSPS) is 12.2. The fourth-order valence-electron chi connectivity index (χ4n) is 1.44. The third-order valence-corrected chi connectivity index (χ3v) is 2.59. The molecule has 0 aromatic heterocycles. The topological polar surface area (TPSA) is 95.9 Å². The average molecular weight is 281 g/mol. The maximum atomic E-state index is 11.8. The minimum Gasteiger partial charge on any atom is -0.480 e. The van der Waals surface area contributed by atoms with Gasteiger partial charge in [-0.05, 0) is 31.5 Å². The van der Waals surface area contributed by atoms with Crippen molar-refractivity contribution >= 4 is 11.9 Å². The van der Waals surface area contributed by atoms with E-state index in [-0.39, 0.29) is 6.10 Å². The molecule has 6 nitrogen and oxygen atoms in total. The number of benzene rings is 1. The van der Waals surface area contributed by atoms with Crippen molar-refractivity contribution in [2.24, 2.45) is 0 Å². The summed E-state index contributed by atoms with van der Waals surface area (Å²) >= 11 is 0. The fraction of sp³-hybridized carbons (Fsp3) is 0.429. The molecule has 0 saturated carbocycles. The summed E-state index contributed by atoms with van der Waals surface area (Å²) in [5.41, 5.74) is 1.25. The largest absolute Gasteiger partial charge is 0.480 e. The van der Waals surface area contributed by atoms with Crippen LogP contribution >= 0.6 is 0 Å². The number of carboxylic acid groups (broad SMARTS) is 1. The lowest BCUT2D eigenvalue weighted by Gasteiger charge is -2.12. The van der Waals surface area contributed by atoms with Gasteiger partial charge in [-0.25, -0.2) is 4.79 Å². The molecule has 1 atom stereocenters. The lowest BCUT2D eigenvalue weighted by atomic mass is 10.1. The molecular formula is C14H19NO5. The number of aliphatic hydroxyl groups is 1. The quantitative estimate of drug-likeness (QED) is 0.686. The van der Waals surface area contributed by atoms with Gasteiger partial charge in [-0.15, -0.1) is 0 Å². The summed E-state index contributed by atoms with van der Waals surface area (Å²) in [5.74, 6) is -1.81. The molecule has 0 radical (unpaired) electrons. The molecule has 1 aromatic rings. The van der Waals surface area contributed by atoms with Crippen LogP contribution in [0.3, 0.4) is 0 Å². The highest BCUT2D eigenvalue weighted by Gasteiger charge is 2.19. The number of carboxylic acids is 1. The molecule has 0 bridgehead atoms. The predicted octanol–water partition coefficient (Wildman–Crippen LogP) is 0.787. The molecule has 110 valence electrons. The highest BCUT2D eigenvalue weighted by molar-refractivity contribution is 5.96. The van der Waals surface area contributed by atoms with E-state index in [2.05, 4.69) is 5.32 Å². The molecule has 6 heteroatoms. The van der Waals surface area contributed by atoms with Crippen LogP contribution in [0.2, 0.25) is 0 Å². The molecule has 0 unspecified atom stereocenters. The predicted molar refractivity (Wildman–Crippen MR) is 72.3 cm³/mol. The van der Waals surface area contributed by atoms with Crippen molar-refractivity contribution in [1.29, 1.82) is 0 Å². The molecule has 0 aliphatic carbocycles. The van der Waals surface area contributed by atoms with Gasteiger partial charge >= 0.3 is 5.97 Å². The molecule has 0 aliphatic rings. The summed E-state index contributed by atoms with van der Waals surface area (Å²) in [5, 5.41) is 19.8. The van der Waals surface area contributed by atoms with Crippen molar-refractivity contribution in [3.8, 4) is 0 Å².